The lowest BCUT2D eigenvalue weighted by Crippen LogP contribution is -2.32. The molecule has 22 heavy (non-hydrogen) atoms. The molecule has 0 saturated heterocycles. The van der Waals surface area contributed by atoms with E-state index in [4.69, 9.17) is 4.74 Å². The molecule has 0 atom stereocenters. The number of alkyl halides is 3. The first kappa shape index (κ1) is 14.4. The highest BCUT2D eigenvalue weighted by Crippen LogP contribution is 2.33. The smallest absolute Gasteiger partial charge is 0.416 e. The van der Waals surface area contributed by atoms with Crippen LogP contribution in [0.15, 0.2) is 48.5 Å². The third-order valence-electron chi connectivity index (χ3n) is 3.44. The summed E-state index contributed by atoms with van der Waals surface area (Å²) in [6.07, 6.45) is -4.45. The van der Waals surface area contributed by atoms with Crippen LogP contribution in [0.4, 0.5) is 18.9 Å². The van der Waals surface area contributed by atoms with E-state index in [-0.39, 0.29) is 24.7 Å². The second kappa shape index (κ2) is 5.36. The van der Waals surface area contributed by atoms with Crippen LogP contribution < -0.4 is 9.64 Å². The van der Waals surface area contributed by atoms with Crippen molar-refractivity contribution in [3.05, 3.63) is 59.7 Å². The summed E-state index contributed by atoms with van der Waals surface area (Å²) in [7, 11) is 0. The van der Waals surface area contributed by atoms with E-state index < -0.39 is 11.7 Å². The number of carbonyl (C=O) groups excluding carboxylic acids is 1. The van der Waals surface area contributed by atoms with Crippen molar-refractivity contribution >= 4 is 11.6 Å². The Morgan fingerprint density at radius 2 is 1.82 bits per heavy atom. The number of benzene rings is 2. The largest absolute Gasteiger partial charge is 0.483 e. The van der Waals surface area contributed by atoms with Crippen LogP contribution in [0.5, 0.6) is 5.75 Å². The third-order valence-corrected chi connectivity index (χ3v) is 3.44. The minimum atomic E-state index is -4.45. The minimum Gasteiger partial charge on any atom is -0.483 e. The number of hydrogen-bond acceptors (Lipinski definition) is 2. The Labute approximate surface area is 124 Å². The third kappa shape index (κ3) is 2.77. The predicted molar refractivity (Wildman–Crippen MR) is 74.6 cm³/mol. The molecule has 1 aliphatic heterocycles. The number of nitrogens with zero attached hydrogens (tertiary/aromatic N) is 1. The average molecular weight is 307 g/mol. The molecule has 1 amide bonds. The quantitative estimate of drug-likeness (QED) is 0.805. The van der Waals surface area contributed by atoms with Crippen molar-refractivity contribution in [3.63, 3.8) is 0 Å². The highest BCUT2D eigenvalue weighted by Gasteiger charge is 2.31. The molecule has 0 spiro atoms. The van der Waals surface area contributed by atoms with Crippen molar-refractivity contribution in [1.29, 1.82) is 0 Å². The molecular formula is C16H12F3NO2. The predicted octanol–water partition coefficient (Wildman–Crippen LogP) is 3.63. The van der Waals surface area contributed by atoms with Gasteiger partial charge in [0.2, 0.25) is 0 Å². The van der Waals surface area contributed by atoms with Crippen LogP contribution in [-0.2, 0) is 17.5 Å². The first-order chi connectivity index (χ1) is 10.4. The van der Waals surface area contributed by atoms with Gasteiger partial charge in [0.05, 0.1) is 12.1 Å². The van der Waals surface area contributed by atoms with E-state index in [1.54, 1.807) is 24.3 Å². The van der Waals surface area contributed by atoms with Gasteiger partial charge in [-0.15, -0.1) is 0 Å². The molecule has 0 unspecified atom stereocenters. The molecule has 0 aliphatic carbocycles. The summed E-state index contributed by atoms with van der Waals surface area (Å²) in [6, 6.07) is 11.8. The first-order valence-electron chi connectivity index (χ1n) is 6.63. The van der Waals surface area contributed by atoms with Crippen LogP contribution in [0.25, 0.3) is 0 Å². The molecule has 114 valence electrons. The Balaban J connectivity index is 1.98. The van der Waals surface area contributed by atoms with E-state index >= 15 is 0 Å². The Bertz CT molecular complexity index is 713. The van der Waals surface area contributed by atoms with Gasteiger partial charge in [-0.25, -0.2) is 0 Å². The molecule has 0 radical (unpaired) electrons. The molecule has 0 saturated carbocycles. The average Bonchev–Trinajstić information content (AvgIpc) is 2.66. The highest BCUT2D eigenvalue weighted by molar-refractivity contribution is 5.95. The zero-order valence-electron chi connectivity index (χ0n) is 11.4. The van der Waals surface area contributed by atoms with E-state index in [2.05, 4.69) is 0 Å². The summed E-state index contributed by atoms with van der Waals surface area (Å²) in [6.45, 7) is -0.0242. The van der Waals surface area contributed by atoms with Crippen LogP contribution >= 0.6 is 0 Å². The van der Waals surface area contributed by atoms with Gasteiger partial charge < -0.3 is 9.64 Å². The lowest BCUT2D eigenvalue weighted by atomic mass is 10.1. The summed E-state index contributed by atoms with van der Waals surface area (Å²) < 4.78 is 43.9. The number of para-hydroxylation sites is 1. The van der Waals surface area contributed by atoms with Crippen molar-refractivity contribution in [2.45, 2.75) is 12.7 Å². The zero-order chi connectivity index (χ0) is 15.7. The fraction of sp³-hybridized carbons (Fsp3) is 0.188. The summed E-state index contributed by atoms with van der Waals surface area (Å²) >= 11 is 0. The number of carbonyl (C=O) groups is 1. The van der Waals surface area contributed by atoms with Crippen molar-refractivity contribution in [2.75, 3.05) is 11.5 Å². The molecule has 1 heterocycles. The second-order valence-electron chi connectivity index (χ2n) is 4.92. The first-order valence-corrected chi connectivity index (χ1v) is 6.63. The van der Waals surface area contributed by atoms with Crippen LogP contribution in [0.2, 0.25) is 0 Å². The molecular weight excluding hydrogens is 295 g/mol. The summed E-state index contributed by atoms with van der Waals surface area (Å²) in [5, 5.41) is 0. The van der Waals surface area contributed by atoms with Gasteiger partial charge in [-0.05, 0) is 24.3 Å². The summed E-state index contributed by atoms with van der Waals surface area (Å²) in [4.78, 5) is 13.5. The molecule has 1 aliphatic rings. The monoisotopic (exact) mass is 307 g/mol. The van der Waals surface area contributed by atoms with Crippen LogP contribution in [0.1, 0.15) is 11.1 Å². The molecule has 0 aromatic heterocycles. The Kier molecular flexibility index (Phi) is 3.52. The van der Waals surface area contributed by atoms with Crippen LogP contribution in [0.3, 0.4) is 0 Å². The summed E-state index contributed by atoms with van der Waals surface area (Å²) in [5.41, 5.74) is 0.183. The maximum atomic E-state index is 12.8. The van der Waals surface area contributed by atoms with Gasteiger partial charge in [0.15, 0.2) is 6.61 Å². The van der Waals surface area contributed by atoms with E-state index in [9.17, 15) is 18.0 Å². The van der Waals surface area contributed by atoms with E-state index in [0.717, 1.165) is 17.7 Å². The van der Waals surface area contributed by atoms with E-state index in [1.807, 2.05) is 0 Å². The second-order valence-corrected chi connectivity index (χ2v) is 4.92. The lowest BCUT2D eigenvalue weighted by molar-refractivity contribution is -0.137. The Morgan fingerprint density at radius 3 is 2.59 bits per heavy atom. The van der Waals surface area contributed by atoms with Gasteiger partial charge in [-0.2, -0.15) is 13.2 Å². The topological polar surface area (TPSA) is 29.5 Å². The van der Waals surface area contributed by atoms with Crippen LogP contribution in [0, 0.1) is 0 Å². The number of hydrogen-bond donors (Lipinski definition) is 0. The number of fused-ring (bicyclic) bond motifs is 1. The summed E-state index contributed by atoms with van der Waals surface area (Å²) in [5.74, 6) is 0.195. The zero-order valence-corrected chi connectivity index (χ0v) is 11.4. The van der Waals surface area contributed by atoms with Gasteiger partial charge in [0.25, 0.3) is 5.91 Å². The van der Waals surface area contributed by atoms with Crippen molar-refractivity contribution in [2.24, 2.45) is 0 Å². The Morgan fingerprint density at radius 1 is 1.05 bits per heavy atom. The van der Waals surface area contributed by atoms with Crippen LogP contribution in [-0.4, -0.2) is 12.5 Å². The fourth-order valence-corrected chi connectivity index (χ4v) is 2.34. The maximum Gasteiger partial charge on any atom is 0.416 e. The normalized spacial score (nSPS) is 15.0. The van der Waals surface area contributed by atoms with Gasteiger partial charge in [0, 0.05) is 11.3 Å². The van der Waals surface area contributed by atoms with Crippen molar-refractivity contribution in [1.82, 2.24) is 0 Å². The lowest BCUT2D eigenvalue weighted by Gasteiger charge is -2.21. The van der Waals surface area contributed by atoms with Gasteiger partial charge in [0.1, 0.15) is 5.75 Å². The molecule has 0 fully saturated rings. The number of anilines is 1. The highest BCUT2D eigenvalue weighted by atomic mass is 19.4. The standard InChI is InChI=1S/C16H12F3NO2/c17-16(18,19)12-5-3-6-13(8-12)20-9-11-4-1-2-7-14(11)22-10-15(20)21/h1-8H,9-10H2. The SMILES string of the molecule is O=C1COc2ccccc2CN1c1cccc(C(F)(F)F)c1. The molecule has 2 aromatic rings. The molecule has 6 heteroatoms. The number of rotatable bonds is 1. The minimum absolute atomic E-state index is 0.177. The molecule has 2 aromatic carbocycles. The number of halogens is 3. The van der Waals surface area contributed by atoms with Gasteiger partial charge >= 0.3 is 6.18 Å². The van der Waals surface area contributed by atoms with E-state index in [1.165, 1.54) is 17.0 Å². The number of ether oxygens (including phenoxy) is 1. The molecule has 0 N–H and O–H groups in total. The van der Waals surface area contributed by atoms with Gasteiger partial charge in [-0.1, -0.05) is 24.3 Å². The van der Waals surface area contributed by atoms with E-state index in [0.29, 0.717) is 5.75 Å². The molecule has 3 rings (SSSR count). The van der Waals surface area contributed by atoms with Crippen molar-refractivity contribution in [3.8, 4) is 5.75 Å². The fourth-order valence-electron chi connectivity index (χ4n) is 2.34. The maximum absolute atomic E-state index is 12.8. The Hall–Kier alpha value is -2.50. The molecule has 0 bridgehead atoms. The number of amides is 1. The van der Waals surface area contributed by atoms with Crippen molar-refractivity contribution < 1.29 is 22.7 Å². The van der Waals surface area contributed by atoms with Gasteiger partial charge in [-0.3, -0.25) is 4.79 Å². The molecule has 3 nitrogen and oxygen atoms in total.